The van der Waals surface area contributed by atoms with Crippen LogP contribution in [0.4, 0.5) is 0 Å². The smallest absolute Gasteiger partial charge is 0.0700 e. The average Bonchev–Trinajstić information content (AvgIpc) is 2.11. The Balaban J connectivity index is 3.13. The Hall–Kier alpha value is -0.110. The van der Waals surface area contributed by atoms with Crippen LogP contribution in [0.25, 0.3) is 0 Å². The van der Waals surface area contributed by atoms with Crippen LogP contribution in [0.1, 0.15) is 6.42 Å². The van der Waals surface area contributed by atoms with Gasteiger partial charge in [-0.1, -0.05) is 15.9 Å². The minimum absolute atomic E-state index is 0.0625. The third-order valence-corrected chi connectivity index (χ3v) is 2.19. The summed E-state index contributed by atoms with van der Waals surface area (Å²) in [5.41, 5.74) is 0. The summed E-state index contributed by atoms with van der Waals surface area (Å²) in [6.07, 6.45) is 0.783. The first kappa shape index (κ1) is 11.9. The molecule has 3 nitrogen and oxygen atoms in total. The third kappa shape index (κ3) is 6.59. The van der Waals surface area contributed by atoms with Crippen molar-refractivity contribution >= 4 is 15.9 Å². The first-order valence-electron chi connectivity index (χ1n) is 3.87. The fourth-order valence-electron chi connectivity index (χ4n) is 0.646. The van der Waals surface area contributed by atoms with E-state index in [0.717, 1.165) is 11.8 Å². The van der Waals surface area contributed by atoms with Gasteiger partial charge in [-0.2, -0.15) is 5.26 Å². The molecule has 0 heterocycles. The molecule has 0 aromatic carbocycles. The molecule has 0 aromatic rings. The van der Waals surface area contributed by atoms with Crippen molar-refractivity contribution in [1.82, 2.24) is 0 Å². The van der Waals surface area contributed by atoms with Crippen LogP contribution in [0.3, 0.4) is 0 Å². The summed E-state index contributed by atoms with van der Waals surface area (Å²) in [6.45, 7) is 1.86. The molecule has 0 fully saturated rings. The second-order valence-corrected chi connectivity index (χ2v) is 3.02. The molecule has 0 bridgehead atoms. The lowest BCUT2D eigenvalue weighted by atomic mass is 10.1. The summed E-state index contributed by atoms with van der Waals surface area (Å²) < 4.78 is 10.0. The van der Waals surface area contributed by atoms with Crippen molar-refractivity contribution in [1.29, 1.82) is 5.26 Å². The van der Waals surface area contributed by atoms with E-state index in [9.17, 15) is 0 Å². The number of hydrogen-bond donors (Lipinski definition) is 0. The van der Waals surface area contributed by atoms with Gasteiger partial charge < -0.3 is 9.47 Å². The van der Waals surface area contributed by atoms with Crippen molar-refractivity contribution in [2.24, 2.45) is 5.92 Å². The molecule has 0 radical (unpaired) electrons. The SMILES string of the molecule is COCCOCCC(C#N)CBr. The van der Waals surface area contributed by atoms with E-state index in [4.69, 9.17) is 14.7 Å². The molecule has 0 aromatic heterocycles. The summed E-state index contributed by atoms with van der Waals surface area (Å²) in [4.78, 5) is 0. The largest absolute Gasteiger partial charge is 0.382 e. The molecular weight excluding hydrogens is 222 g/mol. The number of alkyl halides is 1. The van der Waals surface area contributed by atoms with Crippen LogP contribution in [-0.4, -0.2) is 32.3 Å². The molecule has 0 rings (SSSR count). The van der Waals surface area contributed by atoms with Crippen LogP contribution in [-0.2, 0) is 9.47 Å². The Morgan fingerprint density at radius 2 is 2.17 bits per heavy atom. The molecule has 0 spiro atoms. The van der Waals surface area contributed by atoms with E-state index in [1.165, 1.54) is 0 Å². The number of methoxy groups -OCH3 is 1. The van der Waals surface area contributed by atoms with Crippen molar-refractivity contribution in [2.45, 2.75) is 6.42 Å². The lowest BCUT2D eigenvalue weighted by Crippen LogP contribution is -2.07. The highest BCUT2D eigenvalue weighted by atomic mass is 79.9. The van der Waals surface area contributed by atoms with E-state index in [2.05, 4.69) is 22.0 Å². The second-order valence-electron chi connectivity index (χ2n) is 2.37. The molecular formula is C8H14BrNO2. The molecule has 0 N–H and O–H groups in total. The maximum atomic E-state index is 8.57. The number of nitriles is 1. The zero-order valence-electron chi connectivity index (χ0n) is 7.25. The van der Waals surface area contributed by atoms with Crippen LogP contribution in [0.2, 0.25) is 0 Å². The van der Waals surface area contributed by atoms with E-state index < -0.39 is 0 Å². The zero-order valence-corrected chi connectivity index (χ0v) is 8.84. The van der Waals surface area contributed by atoms with Crippen LogP contribution in [0.15, 0.2) is 0 Å². The average molecular weight is 236 g/mol. The predicted molar refractivity (Wildman–Crippen MR) is 50.2 cm³/mol. The van der Waals surface area contributed by atoms with Gasteiger partial charge in [-0.15, -0.1) is 0 Å². The maximum Gasteiger partial charge on any atom is 0.0700 e. The molecule has 12 heavy (non-hydrogen) atoms. The Morgan fingerprint density at radius 1 is 1.42 bits per heavy atom. The lowest BCUT2D eigenvalue weighted by Gasteiger charge is -2.05. The summed E-state index contributed by atoms with van der Waals surface area (Å²) in [5, 5.41) is 9.29. The van der Waals surface area contributed by atoms with Crippen molar-refractivity contribution in [3.63, 3.8) is 0 Å². The van der Waals surface area contributed by atoms with Gasteiger partial charge in [0.2, 0.25) is 0 Å². The quantitative estimate of drug-likeness (QED) is 0.497. The monoisotopic (exact) mass is 235 g/mol. The Labute approximate surface area is 81.8 Å². The molecule has 0 amide bonds. The number of halogens is 1. The fraction of sp³-hybridized carbons (Fsp3) is 0.875. The van der Waals surface area contributed by atoms with E-state index in [1.54, 1.807) is 7.11 Å². The molecule has 0 aliphatic heterocycles. The van der Waals surface area contributed by atoms with Gasteiger partial charge in [-0.3, -0.25) is 0 Å². The van der Waals surface area contributed by atoms with E-state index in [1.807, 2.05) is 0 Å². The van der Waals surface area contributed by atoms with Crippen LogP contribution in [0, 0.1) is 17.2 Å². The summed E-state index contributed by atoms with van der Waals surface area (Å²) in [7, 11) is 1.64. The first-order valence-corrected chi connectivity index (χ1v) is 4.99. The van der Waals surface area contributed by atoms with Gasteiger partial charge in [0.15, 0.2) is 0 Å². The molecule has 70 valence electrons. The molecule has 1 atom stereocenters. The highest BCUT2D eigenvalue weighted by molar-refractivity contribution is 9.09. The summed E-state index contributed by atoms with van der Waals surface area (Å²) >= 11 is 3.26. The number of ether oxygens (including phenoxy) is 2. The second kappa shape index (κ2) is 8.98. The standard InChI is InChI=1S/C8H14BrNO2/c1-11-4-5-12-3-2-8(6-9)7-10/h8H,2-6H2,1H3. The third-order valence-electron chi connectivity index (χ3n) is 1.41. The zero-order chi connectivity index (χ0) is 9.23. The normalized spacial score (nSPS) is 12.4. The van der Waals surface area contributed by atoms with Crippen molar-refractivity contribution in [2.75, 3.05) is 32.3 Å². The van der Waals surface area contributed by atoms with Crippen LogP contribution in [0.5, 0.6) is 0 Å². The highest BCUT2D eigenvalue weighted by Gasteiger charge is 2.03. The van der Waals surface area contributed by atoms with Crippen molar-refractivity contribution < 1.29 is 9.47 Å². The molecule has 4 heteroatoms. The molecule has 0 saturated heterocycles. The minimum atomic E-state index is 0.0625. The summed E-state index contributed by atoms with van der Waals surface area (Å²) in [5.74, 6) is 0.0625. The fourth-order valence-corrected chi connectivity index (χ4v) is 1.11. The number of nitrogens with zero attached hydrogens (tertiary/aromatic N) is 1. The van der Waals surface area contributed by atoms with Crippen LogP contribution >= 0.6 is 15.9 Å². The van der Waals surface area contributed by atoms with Gasteiger partial charge in [0.25, 0.3) is 0 Å². The Morgan fingerprint density at radius 3 is 2.67 bits per heavy atom. The molecule has 1 unspecified atom stereocenters. The Bertz CT molecular complexity index is 136. The topological polar surface area (TPSA) is 42.2 Å². The highest BCUT2D eigenvalue weighted by Crippen LogP contribution is 2.04. The van der Waals surface area contributed by atoms with E-state index in [-0.39, 0.29) is 5.92 Å². The lowest BCUT2D eigenvalue weighted by molar-refractivity contribution is 0.0670. The molecule has 0 aliphatic carbocycles. The first-order chi connectivity index (χ1) is 5.85. The van der Waals surface area contributed by atoms with Crippen molar-refractivity contribution in [3.8, 4) is 6.07 Å². The van der Waals surface area contributed by atoms with Gasteiger partial charge in [0.1, 0.15) is 0 Å². The molecule has 0 saturated carbocycles. The maximum absolute atomic E-state index is 8.57. The van der Waals surface area contributed by atoms with Crippen LogP contribution < -0.4 is 0 Å². The van der Waals surface area contributed by atoms with Gasteiger partial charge in [0.05, 0.1) is 25.2 Å². The number of rotatable bonds is 7. The molecule has 0 aliphatic rings. The van der Waals surface area contributed by atoms with Gasteiger partial charge >= 0.3 is 0 Å². The van der Waals surface area contributed by atoms with Gasteiger partial charge in [0, 0.05) is 19.0 Å². The van der Waals surface area contributed by atoms with E-state index >= 15 is 0 Å². The minimum Gasteiger partial charge on any atom is -0.382 e. The Kier molecular flexibility index (Phi) is 8.90. The van der Waals surface area contributed by atoms with Crippen molar-refractivity contribution in [3.05, 3.63) is 0 Å². The van der Waals surface area contributed by atoms with Gasteiger partial charge in [-0.25, -0.2) is 0 Å². The summed E-state index contributed by atoms with van der Waals surface area (Å²) in [6, 6.07) is 2.18. The number of hydrogen-bond acceptors (Lipinski definition) is 3. The van der Waals surface area contributed by atoms with Gasteiger partial charge in [-0.05, 0) is 6.42 Å². The van der Waals surface area contributed by atoms with E-state index in [0.29, 0.717) is 19.8 Å². The predicted octanol–water partition coefficient (Wildman–Crippen LogP) is 1.57.